The molecular weight excluding hydrogens is 381 g/mol. The molecule has 1 aliphatic rings. The van der Waals surface area contributed by atoms with Crippen molar-refractivity contribution < 1.29 is 13.9 Å². The fourth-order valence-electron chi connectivity index (χ4n) is 3.23. The molecule has 0 aliphatic carbocycles. The lowest BCUT2D eigenvalue weighted by atomic mass is 10.2. The predicted molar refractivity (Wildman–Crippen MR) is 105 cm³/mol. The first-order valence-corrected chi connectivity index (χ1v) is 9.05. The molecule has 3 aromatic rings. The third-order valence-electron chi connectivity index (χ3n) is 4.64. The van der Waals surface area contributed by atoms with Crippen molar-refractivity contribution in [2.75, 3.05) is 12.4 Å². The summed E-state index contributed by atoms with van der Waals surface area (Å²) in [4.78, 5) is 19.1. The Morgan fingerprint density at radius 2 is 2.00 bits per heavy atom. The van der Waals surface area contributed by atoms with Gasteiger partial charge in [0, 0.05) is 12.7 Å². The summed E-state index contributed by atoms with van der Waals surface area (Å²) in [5, 5.41) is 3.47. The maximum Gasteiger partial charge on any atom is 0.258 e. The molecular formula is C21H17ClFN3O2. The van der Waals surface area contributed by atoms with Crippen molar-refractivity contribution in [2.24, 2.45) is 0 Å². The number of benzene rings is 2. The molecule has 1 aromatic heterocycles. The Labute approximate surface area is 166 Å². The zero-order valence-electron chi connectivity index (χ0n) is 15.0. The highest BCUT2D eigenvalue weighted by atomic mass is 35.5. The van der Waals surface area contributed by atoms with Crippen LogP contribution >= 0.6 is 11.6 Å². The summed E-state index contributed by atoms with van der Waals surface area (Å²) in [5.74, 6) is 0.190. The minimum Gasteiger partial charge on any atom is -0.497 e. The number of amides is 1. The number of nitrogens with zero attached hydrogens (tertiary/aromatic N) is 2. The highest BCUT2D eigenvalue weighted by Crippen LogP contribution is 2.36. The highest BCUT2D eigenvalue weighted by Gasteiger charge is 2.38. The maximum atomic E-state index is 13.4. The fraction of sp³-hybridized carbons (Fsp3) is 0.143. The summed E-state index contributed by atoms with van der Waals surface area (Å²) in [7, 11) is 1.60. The summed E-state index contributed by atoms with van der Waals surface area (Å²) in [6.45, 7) is 0.371. The van der Waals surface area contributed by atoms with E-state index in [1.54, 1.807) is 36.4 Å². The standard InChI is InChI=1S/C21H17ClFN3O2/c1-28-15-7-4-13(5-8-15)12-26-20(19-16(21(26)27)3-2-10-24-19)25-18-9-6-14(23)11-17(18)22/h2-11,20,25H,12H2,1H3/t20-/m1/s1. The molecule has 1 N–H and O–H groups in total. The summed E-state index contributed by atoms with van der Waals surface area (Å²) < 4.78 is 18.6. The Kier molecular flexibility index (Phi) is 4.88. The van der Waals surface area contributed by atoms with Crippen molar-refractivity contribution in [2.45, 2.75) is 12.7 Å². The van der Waals surface area contributed by atoms with E-state index in [-0.39, 0.29) is 10.9 Å². The lowest BCUT2D eigenvalue weighted by Gasteiger charge is -2.27. The van der Waals surface area contributed by atoms with Crippen LogP contribution in [0.2, 0.25) is 5.02 Å². The molecule has 0 saturated carbocycles. The summed E-state index contributed by atoms with van der Waals surface area (Å²) in [5.41, 5.74) is 2.62. The predicted octanol–water partition coefficient (Wildman–Crippen LogP) is 4.65. The van der Waals surface area contributed by atoms with Crippen LogP contribution in [0, 0.1) is 5.82 Å². The fourth-order valence-corrected chi connectivity index (χ4v) is 3.45. The van der Waals surface area contributed by atoms with Crippen LogP contribution in [-0.4, -0.2) is 22.9 Å². The second-order valence-electron chi connectivity index (χ2n) is 6.39. The zero-order valence-corrected chi connectivity index (χ0v) is 15.8. The van der Waals surface area contributed by atoms with Gasteiger partial charge >= 0.3 is 0 Å². The van der Waals surface area contributed by atoms with E-state index in [1.807, 2.05) is 24.3 Å². The van der Waals surface area contributed by atoms with Gasteiger partial charge in [-0.05, 0) is 48.0 Å². The van der Waals surface area contributed by atoms with Crippen molar-refractivity contribution in [1.29, 1.82) is 0 Å². The largest absolute Gasteiger partial charge is 0.497 e. The summed E-state index contributed by atoms with van der Waals surface area (Å²) in [6.07, 6.45) is 1.12. The number of halogens is 2. The molecule has 0 bridgehead atoms. The van der Waals surface area contributed by atoms with Crippen molar-refractivity contribution in [1.82, 2.24) is 9.88 Å². The van der Waals surface area contributed by atoms with Crippen LogP contribution < -0.4 is 10.1 Å². The number of carbonyl (C=O) groups excluding carboxylic acids is 1. The Hall–Kier alpha value is -3.12. The van der Waals surface area contributed by atoms with E-state index < -0.39 is 12.0 Å². The number of ether oxygens (including phenoxy) is 1. The molecule has 1 atom stereocenters. The average molecular weight is 398 g/mol. The minimum atomic E-state index is -0.520. The molecule has 0 saturated heterocycles. The van der Waals surface area contributed by atoms with E-state index >= 15 is 0 Å². The maximum absolute atomic E-state index is 13.4. The van der Waals surface area contributed by atoms with Gasteiger partial charge in [0.1, 0.15) is 17.7 Å². The number of methoxy groups -OCH3 is 1. The van der Waals surface area contributed by atoms with Gasteiger partial charge in [0.25, 0.3) is 5.91 Å². The molecule has 5 nitrogen and oxygen atoms in total. The van der Waals surface area contributed by atoms with E-state index in [4.69, 9.17) is 16.3 Å². The van der Waals surface area contributed by atoms with E-state index in [0.717, 1.165) is 11.3 Å². The molecule has 0 spiro atoms. The minimum absolute atomic E-state index is 0.130. The van der Waals surface area contributed by atoms with Gasteiger partial charge in [-0.3, -0.25) is 9.78 Å². The highest BCUT2D eigenvalue weighted by molar-refractivity contribution is 6.33. The van der Waals surface area contributed by atoms with E-state index in [9.17, 15) is 9.18 Å². The number of hydrogen-bond donors (Lipinski definition) is 1. The zero-order chi connectivity index (χ0) is 19.7. The van der Waals surface area contributed by atoms with Gasteiger partial charge in [-0.2, -0.15) is 0 Å². The second kappa shape index (κ2) is 7.48. The first-order valence-electron chi connectivity index (χ1n) is 8.67. The molecule has 1 amide bonds. The van der Waals surface area contributed by atoms with E-state index in [1.165, 1.54) is 12.1 Å². The third kappa shape index (κ3) is 3.39. The first kappa shape index (κ1) is 18.3. The van der Waals surface area contributed by atoms with Gasteiger partial charge in [-0.15, -0.1) is 0 Å². The second-order valence-corrected chi connectivity index (χ2v) is 6.80. The third-order valence-corrected chi connectivity index (χ3v) is 4.95. The Balaban J connectivity index is 1.67. The number of anilines is 1. The Bertz CT molecular complexity index is 1030. The van der Waals surface area contributed by atoms with Crippen LogP contribution in [0.25, 0.3) is 0 Å². The molecule has 28 heavy (non-hydrogen) atoms. The number of carbonyl (C=O) groups is 1. The van der Waals surface area contributed by atoms with Gasteiger partial charge in [0.15, 0.2) is 0 Å². The summed E-state index contributed by atoms with van der Waals surface area (Å²) >= 11 is 6.17. The quantitative estimate of drug-likeness (QED) is 0.681. The first-order chi connectivity index (χ1) is 13.6. The van der Waals surface area contributed by atoms with Crippen LogP contribution in [0.4, 0.5) is 10.1 Å². The average Bonchev–Trinajstić information content (AvgIpc) is 2.96. The molecule has 142 valence electrons. The smallest absolute Gasteiger partial charge is 0.258 e. The lowest BCUT2D eigenvalue weighted by molar-refractivity contribution is 0.0727. The molecule has 0 fully saturated rings. The number of pyridine rings is 1. The summed E-state index contributed by atoms with van der Waals surface area (Å²) in [6, 6.07) is 15.1. The Morgan fingerprint density at radius 3 is 2.71 bits per heavy atom. The molecule has 4 rings (SSSR count). The monoisotopic (exact) mass is 397 g/mol. The van der Waals surface area contributed by atoms with Crippen LogP contribution in [0.15, 0.2) is 60.8 Å². The molecule has 0 unspecified atom stereocenters. The van der Waals surface area contributed by atoms with Crippen molar-refractivity contribution in [3.63, 3.8) is 0 Å². The van der Waals surface area contributed by atoms with Gasteiger partial charge in [-0.25, -0.2) is 4.39 Å². The van der Waals surface area contributed by atoms with Crippen LogP contribution in [0.3, 0.4) is 0 Å². The normalized spacial score (nSPS) is 15.5. The van der Waals surface area contributed by atoms with Gasteiger partial charge in [-0.1, -0.05) is 23.7 Å². The molecule has 1 aliphatic heterocycles. The van der Waals surface area contributed by atoms with E-state index in [2.05, 4.69) is 10.3 Å². The lowest BCUT2D eigenvalue weighted by Crippen LogP contribution is -2.32. The van der Waals surface area contributed by atoms with Gasteiger partial charge in [0.05, 0.1) is 29.1 Å². The van der Waals surface area contributed by atoms with Crippen molar-refractivity contribution in [3.05, 3.63) is 88.5 Å². The number of nitrogens with one attached hydrogen (secondary N) is 1. The molecule has 2 aromatic carbocycles. The number of hydrogen-bond acceptors (Lipinski definition) is 4. The molecule has 7 heteroatoms. The SMILES string of the molecule is COc1ccc(CN2C(=O)c3cccnc3[C@@H]2Nc2ccc(F)cc2Cl)cc1. The number of fused-ring (bicyclic) bond motifs is 1. The van der Waals surface area contributed by atoms with Crippen LogP contribution in [0.1, 0.15) is 27.8 Å². The van der Waals surface area contributed by atoms with Crippen LogP contribution in [0.5, 0.6) is 5.75 Å². The molecule has 0 radical (unpaired) electrons. The van der Waals surface area contributed by atoms with E-state index in [0.29, 0.717) is 23.5 Å². The van der Waals surface area contributed by atoms with Crippen molar-refractivity contribution >= 4 is 23.2 Å². The van der Waals surface area contributed by atoms with Crippen molar-refractivity contribution in [3.8, 4) is 5.75 Å². The number of aromatic nitrogens is 1. The van der Waals surface area contributed by atoms with Gasteiger partial charge in [0.2, 0.25) is 0 Å². The topological polar surface area (TPSA) is 54.5 Å². The number of rotatable bonds is 5. The molecule has 2 heterocycles. The van der Waals surface area contributed by atoms with Crippen LogP contribution in [-0.2, 0) is 6.54 Å². The van der Waals surface area contributed by atoms with Gasteiger partial charge < -0.3 is 15.0 Å². The Morgan fingerprint density at radius 1 is 1.21 bits per heavy atom.